The molecule has 2 aromatic rings. The van der Waals surface area contributed by atoms with Crippen LogP contribution in [0.1, 0.15) is 28.9 Å². The molecule has 0 spiro atoms. The summed E-state index contributed by atoms with van der Waals surface area (Å²) in [5.74, 6) is 0. The van der Waals surface area contributed by atoms with Crippen LogP contribution in [0.25, 0.3) is 0 Å². The molecule has 1 N–H and O–H groups in total. The smallest absolute Gasteiger partial charge is 0.0814 e. The van der Waals surface area contributed by atoms with E-state index in [0.717, 1.165) is 12.0 Å². The van der Waals surface area contributed by atoms with Gasteiger partial charge in [0, 0.05) is 10.1 Å². The zero-order valence-corrected chi connectivity index (χ0v) is 10.2. The standard InChI is InChI=1S/C15H14OS/c16-13-10-15(11-6-2-1-3-7-11)17-14-9-5-4-8-12(13)14/h1-9,13,15-16H,10H2/t13-,15-/m1/s1. The fraction of sp³-hybridized carbons (Fsp3) is 0.200. The Morgan fingerprint density at radius 1 is 0.941 bits per heavy atom. The van der Waals surface area contributed by atoms with E-state index >= 15 is 0 Å². The van der Waals surface area contributed by atoms with E-state index in [1.807, 2.05) is 36.0 Å². The van der Waals surface area contributed by atoms with Gasteiger partial charge >= 0.3 is 0 Å². The van der Waals surface area contributed by atoms with Gasteiger partial charge in [0.1, 0.15) is 0 Å². The molecular weight excluding hydrogens is 228 g/mol. The van der Waals surface area contributed by atoms with Gasteiger partial charge in [-0.2, -0.15) is 0 Å². The van der Waals surface area contributed by atoms with Crippen LogP contribution in [0.3, 0.4) is 0 Å². The van der Waals surface area contributed by atoms with Gasteiger partial charge in [-0.15, -0.1) is 11.8 Å². The maximum absolute atomic E-state index is 10.2. The first-order valence-corrected chi connectivity index (χ1v) is 6.71. The van der Waals surface area contributed by atoms with E-state index in [1.165, 1.54) is 10.5 Å². The van der Waals surface area contributed by atoms with Crippen LogP contribution < -0.4 is 0 Å². The first-order chi connectivity index (χ1) is 8.34. The zero-order valence-electron chi connectivity index (χ0n) is 9.41. The first kappa shape index (κ1) is 10.9. The van der Waals surface area contributed by atoms with Gasteiger partial charge < -0.3 is 5.11 Å². The molecule has 0 saturated heterocycles. The molecule has 1 aliphatic heterocycles. The molecule has 0 unspecified atom stereocenters. The monoisotopic (exact) mass is 242 g/mol. The predicted octanol–water partition coefficient (Wildman–Crippen LogP) is 3.96. The van der Waals surface area contributed by atoms with Crippen molar-refractivity contribution in [3.8, 4) is 0 Å². The minimum Gasteiger partial charge on any atom is -0.388 e. The Hall–Kier alpha value is -1.25. The van der Waals surface area contributed by atoms with Crippen LogP contribution >= 0.6 is 11.8 Å². The fourth-order valence-corrected chi connectivity index (χ4v) is 3.64. The van der Waals surface area contributed by atoms with Crippen molar-refractivity contribution in [3.05, 3.63) is 65.7 Å². The average Bonchev–Trinajstić information content (AvgIpc) is 2.40. The third kappa shape index (κ3) is 2.11. The van der Waals surface area contributed by atoms with Gasteiger partial charge in [0.05, 0.1) is 6.10 Å². The van der Waals surface area contributed by atoms with E-state index in [0.29, 0.717) is 5.25 Å². The molecule has 0 amide bonds. The molecule has 0 radical (unpaired) electrons. The van der Waals surface area contributed by atoms with Crippen LogP contribution in [-0.2, 0) is 0 Å². The lowest BCUT2D eigenvalue weighted by Crippen LogP contribution is -2.10. The molecule has 1 heterocycles. The average molecular weight is 242 g/mol. The van der Waals surface area contributed by atoms with Gasteiger partial charge in [-0.05, 0) is 23.6 Å². The molecule has 0 fully saturated rings. The lowest BCUT2D eigenvalue weighted by Gasteiger charge is -2.28. The molecule has 2 atom stereocenters. The highest BCUT2D eigenvalue weighted by atomic mass is 32.2. The molecule has 3 rings (SSSR count). The summed E-state index contributed by atoms with van der Waals surface area (Å²) in [5.41, 5.74) is 2.37. The maximum atomic E-state index is 10.2. The Balaban J connectivity index is 1.94. The topological polar surface area (TPSA) is 20.2 Å². The van der Waals surface area contributed by atoms with Crippen molar-refractivity contribution in [3.63, 3.8) is 0 Å². The highest BCUT2D eigenvalue weighted by molar-refractivity contribution is 7.99. The van der Waals surface area contributed by atoms with Crippen molar-refractivity contribution in [2.45, 2.75) is 22.7 Å². The molecule has 0 saturated carbocycles. The van der Waals surface area contributed by atoms with Gasteiger partial charge in [-0.3, -0.25) is 0 Å². The Labute approximate surface area is 105 Å². The van der Waals surface area contributed by atoms with Crippen molar-refractivity contribution in [2.24, 2.45) is 0 Å². The van der Waals surface area contributed by atoms with Crippen LogP contribution in [0, 0.1) is 0 Å². The molecule has 0 aromatic heterocycles. The number of aliphatic hydroxyl groups is 1. The van der Waals surface area contributed by atoms with Crippen molar-refractivity contribution < 1.29 is 5.11 Å². The molecule has 2 aromatic carbocycles. The summed E-state index contributed by atoms with van der Waals surface area (Å²) in [6, 6.07) is 18.6. The van der Waals surface area contributed by atoms with Crippen molar-refractivity contribution >= 4 is 11.8 Å². The van der Waals surface area contributed by atoms with E-state index in [2.05, 4.69) is 30.3 Å². The third-order valence-corrected chi connectivity index (χ3v) is 4.53. The molecule has 1 aliphatic rings. The zero-order chi connectivity index (χ0) is 11.7. The summed E-state index contributed by atoms with van der Waals surface area (Å²) >= 11 is 1.85. The van der Waals surface area contributed by atoms with Crippen molar-refractivity contribution in [1.29, 1.82) is 0 Å². The maximum Gasteiger partial charge on any atom is 0.0814 e. The normalized spacial score (nSPS) is 23.1. The Morgan fingerprint density at radius 2 is 1.65 bits per heavy atom. The predicted molar refractivity (Wildman–Crippen MR) is 71.1 cm³/mol. The van der Waals surface area contributed by atoms with E-state index in [1.54, 1.807) is 0 Å². The first-order valence-electron chi connectivity index (χ1n) is 5.83. The van der Waals surface area contributed by atoms with Gasteiger partial charge in [-0.25, -0.2) is 0 Å². The number of rotatable bonds is 1. The van der Waals surface area contributed by atoms with E-state index in [-0.39, 0.29) is 6.10 Å². The molecule has 0 aliphatic carbocycles. The number of fused-ring (bicyclic) bond motifs is 1. The Bertz CT molecular complexity index is 509. The van der Waals surface area contributed by atoms with Crippen LogP contribution in [0.5, 0.6) is 0 Å². The van der Waals surface area contributed by atoms with E-state index < -0.39 is 0 Å². The quantitative estimate of drug-likeness (QED) is 0.817. The van der Waals surface area contributed by atoms with Crippen molar-refractivity contribution in [2.75, 3.05) is 0 Å². The largest absolute Gasteiger partial charge is 0.388 e. The summed E-state index contributed by atoms with van der Waals surface area (Å²) in [4.78, 5) is 1.21. The second-order valence-electron chi connectivity index (χ2n) is 4.31. The van der Waals surface area contributed by atoms with Gasteiger partial charge in [0.15, 0.2) is 0 Å². The minimum atomic E-state index is -0.336. The number of benzene rings is 2. The Kier molecular flexibility index (Phi) is 2.91. The summed E-state index contributed by atoms with van der Waals surface area (Å²) in [6.45, 7) is 0. The fourth-order valence-electron chi connectivity index (χ4n) is 2.27. The number of hydrogen-bond donors (Lipinski definition) is 1. The number of hydrogen-bond acceptors (Lipinski definition) is 2. The van der Waals surface area contributed by atoms with Gasteiger partial charge in [-0.1, -0.05) is 48.5 Å². The van der Waals surface area contributed by atoms with Gasteiger partial charge in [0.2, 0.25) is 0 Å². The molecule has 0 bridgehead atoms. The summed E-state index contributed by atoms with van der Waals surface area (Å²) in [7, 11) is 0. The van der Waals surface area contributed by atoms with Crippen LogP contribution in [0.15, 0.2) is 59.5 Å². The summed E-state index contributed by atoms with van der Waals surface area (Å²) in [6.07, 6.45) is 0.462. The number of thioether (sulfide) groups is 1. The van der Waals surface area contributed by atoms with E-state index in [4.69, 9.17) is 0 Å². The highest BCUT2D eigenvalue weighted by Crippen LogP contribution is 2.48. The number of aliphatic hydroxyl groups excluding tert-OH is 1. The van der Waals surface area contributed by atoms with Gasteiger partial charge in [0.25, 0.3) is 0 Å². The lowest BCUT2D eigenvalue weighted by molar-refractivity contribution is 0.161. The van der Waals surface area contributed by atoms with Crippen LogP contribution in [0.4, 0.5) is 0 Å². The summed E-state index contributed by atoms with van der Waals surface area (Å²) in [5, 5.41) is 10.5. The van der Waals surface area contributed by atoms with Crippen LogP contribution in [0.2, 0.25) is 0 Å². The molecule has 1 nitrogen and oxygen atoms in total. The van der Waals surface area contributed by atoms with E-state index in [9.17, 15) is 5.11 Å². The lowest BCUT2D eigenvalue weighted by atomic mass is 10.00. The second kappa shape index (κ2) is 4.55. The van der Waals surface area contributed by atoms with Crippen LogP contribution in [-0.4, -0.2) is 5.11 Å². The summed E-state index contributed by atoms with van der Waals surface area (Å²) < 4.78 is 0. The molecule has 86 valence electrons. The van der Waals surface area contributed by atoms with Crippen molar-refractivity contribution in [1.82, 2.24) is 0 Å². The second-order valence-corrected chi connectivity index (χ2v) is 5.55. The molecule has 17 heavy (non-hydrogen) atoms. The minimum absolute atomic E-state index is 0.336. The molecule has 2 heteroatoms. The molecular formula is C15H14OS. The Morgan fingerprint density at radius 3 is 2.47 bits per heavy atom. The SMILES string of the molecule is O[C@@H]1C[C@H](c2ccccc2)Sc2ccccc21. The third-order valence-electron chi connectivity index (χ3n) is 3.16. The highest BCUT2D eigenvalue weighted by Gasteiger charge is 2.26.